The summed E-state index contributed by atoms with van der Waals surface area (Å²) in [5.41, 5.74) is 3.22. The van der Waals surface area contributed by atoms with E-state index in [2.05, 4.69) is 5.32 Å². The molecule has 0 aromatic heterocycles. The molecule has 1 N–H and O–H groups in total. The Hall–Kier alpha value is -2.82. The van der Waals surface area contributed by atoms with E-state index < -0.39 is 6.10 Å². The van der Waals surface area contributed by atoms with Gasteiger partial charge in [-0.15, -0.1) is 0 Å². The standard InChI is InChI=1S/C23H29NO4/c1-5-7-15-27-23(26)18-11-13-19(14-12-18)24-22(25)20(6-2)28-21-10-8-9-16(3)17(21)4/h8-14,20H,5-7,15H2,1-4H3,(H,24,25)/t20-/m1/s1. The zero-order valence-electron chi connectivity index (χ0n) is 17.1. The summed E-state index contributed by atoms with van der Waals surface area (Å²) in [4.78, 5) is 24.6. The Morgan fingerprint density at radius 3 is 2.39 bits per heavy atom. The second-order valence-electron chi connectivity index (χ2n) is 6.77. The highest BCUT2D eigenvalue weighted by Crippen LogP contribution is 2.23. The lowest BCUT2D eigenvalue weighted by molar-refractivity contribution is -0.122. The average molecular weight is 383 g/mol. The van der Waals surface area contributed by atoms with Crippen LogP contribution in [0.15, 0.2) is 42.5 Å². The number of hydrogen-bond donors (Lipinski definition) is 1. The third kappa shape index (κ3) is 5.84. The molecule has 1 atom stereocenters. The average Bonchev–Trinajstić information content (AvgIpc) is 2.69. The minimum absolute atomic E-state index is 0.221. The third-order valence-corrected chi connectivity index (χ3v) is 4.61. The van der Waals surface area contributed by atoms with E-state index in [-0.39, 0.29) is 11.9 Å². The van der Waals surface area contributed by atoms with Gasteiger partial charge >= 0.3 is 5.97 Å². The van der Waals surface area contributed by atoms with Crippen LogP contribution in [0.5, 0.6) is 5.75 Å². The molecule has 0 saturated heterocycles. The predicted octanol–water partition coefficient (Wildman–Crippen LogP) is 5.06. The maximum Gasteiger partial charge on any atom is 0.338 e. The molecule has 0 aliphatic heterocycles. The summed E-state index contributed by atoms with van der Waals surface area (Å²) < 4.78 is 11.1. The minimum Gasteiger partial charge on any atom is -0.480 e. The van der Waals surface area contributed by atoms with E-state index in [4.69, 9.17) is 9.47 Å². The molecule has 0 heterocycles. The second kappa shape index (κ2) is 10.5. The van der Waals surface area contributed by atoms with Crippen molar-refractivity contribution in [3.05, 3.63) is 59.2 Å². The Kier molecular flexibility index (Phi) is 8.05. The van der Waals surface area contributed by atoms with Crippen molar-refractivity contribution >= 4 is 17.6 Å². The molecule has 150 valence electrons. The lowest BCUT2D eigenvalue weighted by Crippen LogP contribution is -2.32. The van der Waals surface area contributed by atoms with E-state index in [9.17, 15) is 9.59 Å². The molecule has 2 rings (SSSR count). The van der Waals surface area contributed by atoms with Crippen molar-refractivity contribution in [1.29, 1.82) is 0 Å². The van der Waals surface area contributed by atoms with E-state index in [0.717, 1.165) is 24.0 Å². The van der Waals surface area contributed by atoms with Crippen LogP contribution in [0.3, 0.4) is 0 Å². The van der Waals surface area contributed by atoms with Crippen molar-refractivity contribution in [3.8, 4) is 5.75 Å². The first-order chi connectivity index (χ1) is 13.5. The monoisotopic (exact) mass is 383 g/mol. The highest BCUT2D eigenvalue weighted by Gasteiger charge is 2.20. The number of benzene rings is 2. The second-order valence-corrected chi connectivity index (χ2v) is 6.77. The largest absolute Gasteiger partial charge is 0.480 e. The number of rotatable bonds is 9. The van der Waals surface area contributed by atoms with Crippen LogP contribution in [0, 0.1) is 13.8 Å². The molecular weight excluding hydrogens is 354 g/mol. The van der Waals surface area contributed by atoms with Crippen molar-refractivity contribution in [2.45, 2.75) is 53.1 Å². The van der Waals surface area contributed by atoms with Crippen LogP contribution >= 0.6 is 0 Å². The van der Waals surface area contributed by atoms with Crippen LogP contribution in [-0.4, -0.2) is 24.6 Å². The van der Waals surface area contributed by atoms with Gasteiger partial charge in [0.25, 0.3) is 5.91 Å². The fourth-order valence-corrected chi connectivity index (χ4v) is 2.63. The van der Waals surface area contributed by atoms with E-state index in [1.54, 1.807) is 24.3 Å². The van der Waals surface area contributed by atoms with Gasteiger partial charge in [-0.1, -0.05) is 32.4 Å². The highest BCUT2D eigenvalue weighted by atomic mass is 16.5. The fraction of sp³-hybridized carbons (Fsp3) is 0.391. The number of amides is 1. The van der Waals surface area contributed by atoms with Crippen molar-refractivity contribution < 1.29 is 19.1 Å². The number of carbonyl (C=O) groups is 2. The molecule has 0 bridgehead atoms. The van der Waals surface area contributed by atoms with Crippen molar-refractivity contribution in [2.75, 3.05) is 11.9 Å². The number of hydrogen-bond acceptors (Lipinski definition) is 4. The van der Waals surface area contributed by atoms with Crippen LogP contribution in [-0.2, 0) is 9.53 Å². The number of ether oxygens (including phenoxy) is 2. The molecule has 2 aromatic rings. The van der Waals surface area contributed by atoms with E-state index in [1.165, 1.54) is 0 Å². The number of anilines is 1. The summed E-state index contributed by atoms with van der Waals surface area (Å²) >= 11 is 0. The Balaban J connectivity index is 1.98. The van der Waals surface area contributed by atoms with Gasteiger partial charge in [-0.2, -0.15) is 0 Å². The zero-order chi connectivity index (χ0) is 20.5. The fourth-order valence-electron chi connectivity index (χ4n) is 2.63. The van der Waals surface area contributed by atoms with Gasteiger partial charge in [-0.3, -0.25) is 4.79 Å². The molecule has 0 spiro atoms. The molecule has 28 heavy (non-hydrogen) atoms. The maximum atomic E-state index is 12.6. The predicted molar refractivity (Wildman–Crippen MR) is 111 cm³/mol. The molecule has 5 nitrogen and oxygen atoms in total. The van der Waals surface area contributed by atoms with E-state index in [0.29, 0.717) is 30.0 Å². The Labute approximate surface area is 167 Å². The van der Waals surface area contributed by atoms with Gasteiger partial charge in [0.2, 0.25) is 0 Å². The van der Waals surface area contributed by atoms with Gasteiger partial charge in [-0.05, 0) is 68.1 Å². The van der Waals surface area contributed by atoms with Gasteiger partial charge in [-0.25, -0.2) is 4.79 Å². The molecule has 0 fully saturated rings. The Morgan fingerprint density at radius 2 is 1.75 bits per heavy atom. The van der Waals surface area contributed by atoms with Crippen LogP contribution in [0.1, 0.15) is 54.6 Å². The zero-order valence-corrected chi connectivity index (χ0v) is 17.1. The number of unbranched alkanes of at least 4 members (excludes halogenated alkanes) is 1. The molecule has 2 aromatic carbocycles. The van der Waals surface area contributed by atoms with Crippen molar-refractivity contribution in [3.63, 3.8) is 0 Å². The summed E-state index contributed by atoms with van der Waals surface area (Å²) in [7, 11) is 0. The number of nitrogens with one attached hydrogen (secondary N) is 1. The summed E-state index contributed by atoms with van der Waals surface area (Å²) in [5.74, 6) is 0.143. The van der Waals surface area contributed by atoms with Crippen LogP contribution in [0.4, 0.5) is 5.69 Å². The molecule has 0 aliphatic carbocycles. The van der Waals surface area contributed by atoms with Crippen LogP contribution in [0.2, 0.25) is 0 Å². The topological polar surface area (TPSA) is 64.6 Å². The van der Waals surface area contributed by atoms with Crippen LogP contribution in [0.25, 0.3) is 0 Å². The first kappa shape index (κ1) is 21.5. The number of aryl methyl sites for hydroxylation is 1. The summed E-state index contributed by atoms with van der Waals surface area (Å²) in [6.45, 7) is 8.36. The van der Waals surface area contributed by atoms with E-state index >= 15 is 0 Å². The quantitative estimate of drug-likeness (QED) is 0.486. The highest BCUT2D eigenvalue weighted by molar-refractivity contribution is 5.95. The molecule has 0 aliphatic rings. The molecule has 5 heteroatoms. The van der Waals surface area contributed by atoms with E-state index in [1.807, 2.05) is 45.9 Å². The summed E-state index contributed by atoms with van der Waals surface area (Å²) in [6, 6.07) is 12.5. The third-order valence-electron chi connectivity index (χ3n) is 4.61. The SMILES string of the molecule is CCCCOC(=O)c1ccc(NC(=O)[C@@H](CC)Oc2cccc(C)c2C)cc1. The molecular formula is C23H29NO4. The molecule has 0 saturated carbocycles. The number of esters is 1. The maximum absolute atomic E-state index is 12.6. The van der Waals surface area contributed by atoms with Gasteiger partial charge in [0.15, 0.2) is 6.10 Å². The smallest absolute Gasteiger partial charge is 0.338 e. The first-order valence-corrected chi connectivity index (χ1v) is 9.77. The Morgan fingerprint density at radius 1 is 1.04 bits per heavy atom. The molecule has 1 amide bonds. The van der Waals surface area contributed by atoms with Gasteiger partial charge < -0.3 is 14.8 Å². The minimum atomic E-state index is -0.598. The first-order valence-electron chi connectivity index (χ1n) is 9.77. The number of carbonyl (C=O) groups excluding carboxylic acids is 2. The van der Waals surface area contributed by atoms with Crippen LogP contribution < -0.4 is 10.1 Å². The van der Waals surface area contributed by atoms with Gasteiger partial charge in [0, 0.05) is 5.69 Å². The normalized spacial score (nSPS) is 11.6. The van der Waals surface area contributed by atoms with Gasteiger partial charge in [0.1, 0.15) is 5.75 Å². The lowest BCUT2D eigenvalue weighted by Gasteiger charge is -2.19. The van der Waals surface area contributed by atoms with Gasteiger partial charge in [0.05, 0.1) is 12.2 Å². The summed E-state index contributed by atoms with van der Waals surface area (Å²) in [5, 5.41) is 2.85. The molecule has 0 radical (unpaired) electrons. The lowest BCUT2D eigenvalue weighted by atomic mass is 10.1. The van der Waals surface area contributed by atoms with Crippen molar-refractivity contribution in [2.24, 2.45) is 0 Å². The Bertz CT molecular complexity index is 799. The van der Waals surface area contributed by atoms with Crippen molar-refractivity contribution in [1.82, 2.24) is 0 Å². The molecule has 0 unspecified atom stereocenters. The summed E-state index contributed by atoms with van der Waals surface area (Å²) in [6.07, 6.45) is 1.76.